The van der Waals surface area contributed by atoms with E-state index in [4.69, 9.17) is 0 Å². The first kappa shape index (κ1) is 18.3. The molecule has 0 saturated heterocycles. The van der Waals surface area contributed by atoms with Crippen LogP contribution in [0.15, 0.2) is 71.5 Å². The number of benzene rings is 2. The van der Waals surface area contributed by atoms with E-state index in [0.29, 0.717) is 12.1 Å². The Bertz CT molecular complexity index is 969. The zero-order chi connectivity index (χ0) is 19.2. The summed E-state index contributed by atoms with van der Waals surface area (Å²) in [6.45, 7) is -0.259. The summed E-state index contributed by atoms with van der Waals surface area (Å²) in [6.07, 6.45) is 0.390. The van der Waals surface area contributed by atoms with Crippen LogP contribution in [0.1, 0.15) is 16.1 Å². The molecule has 0 aliphatic rings. The highest BCUT2D eigenvalue weighted by molar-refractivity contribution is 5.92. The highest BCUT2D eigenvalue weighted by atomic mass is 16.3. The van der Waals surface area contributed by atoms with Crippen LogP contribution in [0.3, 0.4) is 0 Å². The molecule has 1 atom stereocenters. The third-order valence-electron chi connectivity index (χ3n) is 4.01. The van der Waals surface area contributed by atoms with Crippen molar-refractivity contribution in [1.29, 1.82) is 0 Å². The van der Waals surface area contributed by atoms with Crippen LogP contribution >= 0.6 is 0 Å². The third kappa shape index (κ3) is 4.59. The lowest BCUT2D eigenvalue weighted by Gasteiger charge is -2.16. The lowest BCUT2D eigenvalue weighted by Crippen LogP contribution is -2.40. The fourth-order valence-electron chi connectivity index (χ4n) is 2.62. The van der Waals surface area contributed by atoms with Gasteiger partial charge < -0.3 is 15.5 Å². The maximum Gasteiger partial charge on any atom is 0.272 e. The molecule has 138 valence electrons. The van der Waals surface area contributed by atoms with Crippen LogP contribution in [0.4, 0.5) is 0 Å². The number of carbonyl (C=O) groups is 1. The van der Waals surface area contributed by atoms with Crippen molar-refractivity contribution in [2.75, 3.05) is 6.61 Å². The van der Waals surface area contributed by atoms with E-state index in [1.165, 1.54) is 12.1 Å². The minimum absolute atomic E-state index is 0.0719. The van der Waals surface area contributed by atoms with Crippen molar-refractivity contribution < 1.29 is 15.0 Å². The molecule has 0 aliphatic heterocycles. The SMILES string of the molecule is O=C(N[C@H](CO)Cc1ccc(O)cc1)c1ccc(=O)n(-c2ccccc2)n1. The van der Waals surface area contributed by atoms with Gasteiger partial charge >= 0.3 is 0 Å². The van der Waals surface area contributed by atoms with Gasteiger partial charge in [-0.1, -0.05) is 30.3 Å². The number of aromatic nitrogens is 2. The molecule has 0 radical (unpaired) electrons. The average molecular weight is 365 g/mol. The summed E-state index contributed by atoms with van der Waals surface area (Å²) in [7, 11) is 0. The number of aromatic hydroxyl groups is 1. The lowest BCUT2D eigenvalue weighted by molar-refractivity contribution is 0.0909. The second-order valence-corrected chi connectivity index (χ2v) is 6.03. The smallest absolute Gasteiger partial charge is 0.272 e. The Labute approximate surface area is 155 Å². The topological polar surface area (TPSA) is 104 Å². The van der Waals surface area contributed by atoms with E-state index in [1.54, 1.807) is 48.5 Å². The first-order valence-corrected chi connectivity index (χ1v) is 8.42. The minimum atomic E-state index is -0.527. The second-order valence-electron chi connectivity index (χ2n) is 6.03. The third-order valence-corrected chi connectivity index (χ3v) is 4.01. The van der Waals surface area contributed by atoms with Crippen LogP contribution in [0.25, 0.3) is 5.69 Å². The molecule has 0 aliphatic carbocycles. The molecule has 1 heterocycles. The quantitative estimate of drug-likeness (QED) is 0.610. The van der Waals surface area contributed by atoms with E-state index in [-0.39, 0.29) is 23.6 Å². The Morgan fingerprint density at radius 1 is 1.04 bits per heavy atom. The van der Waals surface area contributed by atoms with E-state index < -0.39 is 11.9 Å². The molecule has 7 heteroatoms. The second kappa shape index (κ2) is 8.29. The lowest BCUT2D eigenvalue weighted by atomic mass is 10.1. The first-order chi connectivity index (χ1) is 13.1. The zero-order valence-corrected chi connectivity index (χ0v) is 14.4. The molecule has 7 nitrogen and oxygen atoms in total. The Balaban J connectivity index is 1.76. The van der Waals surface area contributed by atoms with Gasteiger partial charge in [0.1, 0.15) is 11.4 Å². The summed E-state index contributed by atoms with van der Waals surface area (Å²) in [5.41, 5.74) is 1.14. The summed E-state index contributed by atoms with van der Waals surface area (Å²) >= 11 is 0. The summed E-state index contributed by atoms with van der Waals surface area (Å²) in [5, 5.41) is 25.7. The number of hydrogen-bond acceptors (Lipinski definition) is 5. The van der Waals surface area contributed by atoms with Gasteiger partial charge in [0.15, 0.2) is 0 Å². The molecule has 1 aromatic heterocycles. The molecule has 3 aromatic rings. The average Bonchev–Trinajstić information content (AvgIpc) is 2.70. The first-order valence-electron chi connectivity index (χ1n) is 8.42. The predicted octanol–water partition coefficient (Wildman–Crippen LogP) is 1.27. The van der Waals surface area contributed by atoms with Crippen LogP contribution in [-0.4, -0.2) is 38.5 Å². The number of aliphatic hydroxyl groups excluding tert-OH is 1. The van der Waals surface area contributed by atoms with Crippen molar-refractivity contribution in [1.82, 2.24) is 15.1 Å². The Morgan fingerprint density at radius 3 is 2.41 bits per heavy atom. The molecule has 0 fully saturated rings. The van der Waals surface area contributed by atoms with Gasteiger partial charge in [-0.3, -0.25) is 9.59 Å². The number of hydrogen-bond donors (Lipinski definition) is 3. The number of amides is 1. The number of para-hydroxylation sites is 1. The van der Waals surface area contributed by atoms with Crippen molar-refractivity contribution >= 4 is 5.91 Å². The number of carbonyl (C=O) groups excluding carboxylic acids is 1. The van der Waals surface area contributed by atoms with Gasteiger partial charge in [0.2, 0.25) is 0 Å². The monoisotopic (exact) mass is 365 g/mol. The van der Waals surface area contributed by atoms with Crippen LogP contribution in [0, 0.1) is 0 Å². The van der Waals surface area contributed by atoms with Crippen LogP contribution < -0.4 is 10.9 Å². The van der Waals surface area contributed by atoms with Crippen LogP contribution in [0.2, 0.25) is 0 Å². The van der Waals surface area contributed by atoms with Crippen LogP contribution in [0.5, 0.6) is 5.75 Å². The Kier molecular flexibility index (Phi) is 5.63. The van der Waals surface area contributed by atoms with Crippen molar-refractivity contribution in [2.24, 2.45) is 0 Å². The van der Waals surface area contributed by atoms with Gasteiger partial charge in [-0.15, -0.1) is 0 Å². The normalized spacial score (nSPS) is 11.7. The fourth-order valence-corrected chi connectivity index (χ4v) is 2.62. The van der Waals surface area contributed by atoms with Gasteiger partial charge in [0.05, 0.1) is 18.3 Å². The molecular formula is C20H19N3O4. The van der Waals surface area contributed by atoms with E-state index in [0.717, 1.165) is 10.2 Å². The summed E-state index contributed by atoms with van der Waals surface area (Å²) in [6, 6.07) is 17.4. The van der Waals surface area contributed by atoms with Gasteiger partial charge in [-0.25, -0.2) is 0 Å². The fraction of sp³-hybridized carbons (Fsp3) is 0.150. The van der Waals surface area contributed by atoms with E-state index in [9.17, 15) is 19.8 Å². The van der Waals surface area contributed by atoms with E-state index in [2.05, 4.69) is 10.4 Å². The summed E-state index contributed by atoms with van der Waals surface area (Å²) < 4.78 is 1.16. The molecule has 0 saturated carbocycles. The number of nitrogens with zero attached hydrogens (tertiary/aromatic N) is 2. The van der Waals surface area contributed by atoms with Crippen LogP contribution in [-0.2, 0) is 6.42 Å². The highest BCUT2D eigenvalue weighted by Crippen LogP contribution is 2.11. The summed E-state index contributed by atoms with van der Waals surface area (Å²) in [4.78, 5) is 24.6. The predicted molar refractivity (Wildman–Crippen MR) is 100.0 cm³/mol. The molecule has 3 N–H and O–H groups in total. The van der Waals surface area contributed by atoms with Crippen molar-refractivity contribution in [2.45, 2.75) is 12.5 Å². The molecule has 27 heavy (non-hydrogen) atoms. The number of aliphatic hydroxyl groups is 1. The largest absolute Gasteiger partial charge is 0.508 e. The number of phenols is 1. The number of rotatable bonds is 6. The highest BCUT2D eigenvalue weighted by Gasteiger charge is 2.16. The van der Waals surface area contributed by atoms with E-state index in [1.807, 2.05) is 6.07 Å². The van der Waals surface area contributed by atoms with E-state index >= 15 is 0 Å². The maximum atomic E-state index is 12.5. The van der Waals surface area contributed by atoms with Crippen molar-refractivity contribution in [3.05, 3.63) is 88.3 Å². The van der Waals surface area contributed by atoms with Gasteiger partial charge in [-0.2, -0.15) is 9.78 Å². The standard InChI is InChI=1S/C20H19N3O4/c24-13-15(12-14-6-8-17(25)9-7-14)21-20(27)18-10-11-19(26)23(22-18)16-4-2-1-3-5-16/h1-11,15,24-25H,12-13H2,(H,21,27)/t15-/m0/s1. The molecule has 2 aromatic carbocycles. The van der Waals surface area contributed by atoms with Crippen molar-refractivity contribution in [3.63, 3.8) is 0 Å². The number of phenolic OH excluding ortho intramolecular Hbond substituents is 1. The Morgan fingerprint density at radius 2 is 1.74 bits per heavy atom. The molecule has 0 spiro atoms. The summed E-state index contributed by atoms with van der Waals surface area (Å²) in [5.74, 6) is -0.340. The van der Waals surface area contributed by atoms with Crippen molar-refractivity contribution in [3.8, 4) is 11.4 Å². The molecular weight excluding hydrogens is 346 g/mol. The van der Waals surface area contributed by atoms with Gasteiger partial charge in [-0.05, 0) is 42.3 Å². The number of nitrogens with one attached hydrogen (secondary N) is 1. The minimum Gasteiger partial charge on any atom is -0.508 e. The van der Waals surface area contributed by atoms with Gasteiger partial charge in [0, 0.05) is 6.07 Å². The Hall–Kier alpha value is -3.45. The molecule has 0 unspecified atom stereocenters. The maximum absolute atomic E-state index is 12.5. The molecule has 1 amide bonds. The molecule has 0 bridgehead atoms. The molecule has 3 rings (SSSR count). The van der Waals surface area contributed by atoms with Gasteiger partial charge in [0.25, 0.3) is 11.5 Å². The zero-order valence-electron chi connectivity index (χ0n) is 14.4.